The third kappa shape index (κ3) is 3.38. The molecular weight excluding hydrogens is 262 g/mol. The van der Waals surface area contributed by atoms with Crippen LogP contribution in [0.2, 0.25) is 0 Å². The van der Waals surface area contributed by atoms with Crippen molar-refractivity contribution in [3.05, 3.63) is 71.3 Å². The number of nitrogens with one attached hydrogen (secondary N) is 2. The fraction of sp³-hybridized carbons (Fsp3) is 0.250. The minimum absolute atomic E-state index is 0.801. The third-order valence-corrected chi connectivity index (χ3v) is 3.58. The predicted molar refractivity (Wildman–Crippen MR) is 81.6 cm³/mol. The summed E-state index contributed by atoms with van der Waals surface area (Å²) >= 11 is 0. The lowest BCUT2D eigenvalue weighted by molar-refractivity contribution is 0.655. The molecule has 0 amide bonds. The fourth-order valence-corrected chi connectivity index (χ4v) is 2.34. The van der Waals surface area contributed by atoms with Crippen LogP contribution in [-0.2, 0) is 19.6 Å². The standard InChI is InChI=1S/C16H19N5/c1-13-16(11-18-20-13)10-17-9-14-5-2-3-6-15(14)12-21-8-4-7-19-21/h2-8,11,17H,9-10,12H2,1H3,(H,18,20). The van der Waals surface area contributed by atoms with E-state index in [4.69, 9.17) is 0 Å². The monoisotopic (exact) mass is 281 g/mol. The van der Waals surface area contributed by atoms with Gasteiger partial charge >= 0.3 is 0 Å². The highest BCUT2D eigenvalue weighted by Gasteiger charge is 2.04. The van der Waals surface area contributed by atoms with Crippen LogP contribution in [0.3, 0.4) is 0 Å². The summed E-state index contributed by atoms with van der Waals surface area (Å²) in [4.78, 5) is 0. The van der Waals surface area contributed by atoms with E-state index in [0.29, 0.717) is 0 Å². The van der Waals surface area contributed by atoms with Gasteiger partial charge in [-0.15, -0.1) is 0 Å². The van der Waals surface area contributed by atoms with Gasteiger partial charge in [-0.05, 0) is 24.1 Å². The van der Waals surface area contributed by atoms with Crippen LogP contribution in [0.25, 0.3) is 0 Å². The van der Waals surface area contributed by atoms with E-state index in [0.717, 1.165) is 25.3 Å². The summed E-state index contributed by atoms with van der Waals surface area (Å²) in [6.07, 6.45) is 5.67. The van der Waals surface area contributed by atoms with Crippen molar-refractivity contribution in [1.29, 1.82) is 0 Å². The van der Waals surface area contributed by atoms with Gasteiger partial charge in [0.2, 0.25) is 0 Å². The zero-order chi connectivity index (χ0) is 14.5. The topological polar surface area (TPSA) is 58.5 Å². The summed E-state index contributed by atoms with van der Waals surface area (Å²) in [5, 5.41) is 14.7. The molecule has 0 fully saturated rings. The molecule has 0 saturated heterocycles. The van der Waals surface area contributed by atoms with E-state index in [9.17, 15) is 0 Å². The quantitative estimate of drug-likeness (QED) is 0.728. The molecule has 0 aliphatic rings. The van der Waals surface area contributed by atoms with E-state index >= 15 is 0 Å². The van der Waals surface area contributed by atoms with Gasteiger partial charge in [0.05, 0.1) is 12.7 Å². The second-order valence-corrected chi connectivity index (χ2v) is 5.10. The van der Waals surface area contributed by atoms with Crippen molar-refractivity contribution in [1.82, 2.24) is 25.3 Å². The van der Waals surface area contributed by atoms with Gasteiger partial charge in [0, 0.05) is 36.7 Å². The van der Waals surface area contributed by atoms with Crippen molar-refractivity contribution in [3.8, 4) is 0 Å². The van der Waals surface area contributed by atoms with Crippen molar-refractivity contribution < 1.29 is 0 Å². The Hall–Kier alpha value is -2.40. The lowest BCUT2D eigenvalue weighted by Crippen LogP contribution is -2.15. The molecule has 0 saturated carbocycles. The van der Waals surface area contributed by atoms with E-state index < -0.39 is 0 Å². The SMILES string of the molecule is Cc1[nH]ncc1CNCc1ccccc1Cn1cccn1. The van der Waals surface area contributed by atoms with Crippen LogP contribution in [0.1, 0.15) is 22.4 Å². The van der Waals surface area contributed by atoms with E-state index in [1.54, 1.807) is 0 Å². The lowest BCUT2D eigenvalue weighted by atomic mass is 10.1. The third-order valence-electron chi connectivity index (χ3n) is 3.58. The normalized spacial score (nSPS) is 10.9. The Bertz CT molecular complexity index is 684. The molecule has 0 unspecified atom stereocenters. The first-order valence-electron chi connectivity index (χ1n) is 7.06. The smallest absolute Gasteiger partial charge is 0.0662 e. The first-order chi connectivity index (χ1) is 10.3. The summed E-state index contributed by atoms with van der Waals surface area (Å²) in [6.45, 7) is 4.49. The summed E-state index contributed by atoms with van der Waals surface area (Å²) in [5.41, 5.74) is 4.92. The molecule has 0 aliphatic heterocycles. The zero-order valence-corrected chi connectivity index (χ0v) is 12.1. The Labute approximate surface area is 124 Å². The van der Waals surface area contributed by atoms with Crippen molar-refractivity contribution in [3.63, 3.8) is 0 Å². The number of benzene rings is 1. The second-order valence-electron chi connectivity index (χ2n) is 5.10. The largest absolute Gasteiger partial charge is 0.308 e. The Morgan fingerprint density at radius 1 is 1.10 bits per heavy atom. The Morgan fingerprint density at radius 2 is 1.90 bits per heavy atom. The van der Waals surface area contributed by atoms with Gasteiger partial charge < -0.3 is 5.32 Å². The van der Waals surface area contributed by atoms with Crippen molar-refractivity contribution in [2.75, 3.05) is 0 Å². The number of hydrogen-bond acceptors (Lipinski definition) is 3. The molecule has 0 radical (unpaired) electrons. The fourth-order valence-electron chi connectivity index (χ4n) is 2.34. The Balaban J connectivity index is 1.64. The maximum absolute atomic E-state index is 4.27. The van der Waals surface area contributed by atoms with Gasteiger partial charge in [0.1, 0.15) is 0 Å². The first kappa shape index (κ1) is 13.6. The summed E-state index contributed by atoms with van der Waals surface area (Å²) in [5.74, 6) is 0. The van der Waals surface area contributed by atoms with Crippen LogP contribution in [0.4, 0.5) is 0 Å². The van der Waals surface area contributed by atoms with Crippen LogP contribution in [0.5, 0.6) is 0 Å². The summed E-state index contributed by atoms with van der Waals surface area (Å²) < 4.78 is 1.94. The van der Waals surface area contributed by atoms with Crippen molar-refractivity contribution in [2.45, 2.75) is 26.6 Å². The summed E-state index contributed by atoms with van der Waals surface area (Å²) in [7, 11) is 0. The van der Waals surface area contributed by atoms with Crippen molar-refractivity contribution >= 4 is 0 Å². The minimum atomic E-state index is 0.801. The zero-order valence-electron chi connectivity index (χ0n) is 12.1. The number of aromatic amines is 1. The van der Waals surface area contributed by atoms with E-state index in [1.807, 2.05) is 36.3 Å². The second kappa shape index (κ2) is 6.37. The molecule has 0 bridgehead atoms. The number of H-pyrrole nitrogens is 1. The number of aryl methyl sites for hydroxylation is 1. The highest BCUT2D eigenvalue weighted by atomic mass is 15.3. The van der Waals surface area contributed by atoms with Gasteiger partial charge in [-0.1, -0.05) is 24.3 Å². The van der Waals surface area contributed by atoms with Crippen LogP contribution in [0, 0.1) is 6.92 Å². The maximum Gasteiger partial charge on any atom is 0.0662 e. The van der Waals surface area contributed by atoms with Crippen LogP contribution >= 0.6 is 0 Å². The van der Waals surface area contributed by atoms with Crippen LogP contribution < -0.4 is 5.32 Å². The van der Waals surface area contributed by atoms with Gasteiger partial charge in [-0.25, -0.2) is 0 Å². The van der Waals surface area contributed by atoms with Crippen LogP contribution in [-0.4, -0.2) is 20.0 Å². The van der Waals surface area contributed by atoms with Gasteiger partial charge in [0.25, 0.3) is 0 Å². The Morgan fingerprint density at radius 3 is 2.62 bits per heavy atom. The molecule has 3 rings (SSSR count). The molecule has 0 atom stereocenters. The molecule has 108 valence electrons. The highest BCUT2D eigenvalue weighted by Crippen LogP contribution is 2.11. The molecule has 0 spiro atoms. The number of rotatable bonds is 6. The lowest BCUT2D eigenvalue weighted by Gasteiger charge is -2.10. The van der Waals surface area contributed by atoms with E-state index in [2.05, 4.69) is 44.9 Å². The molecule has 1 aromatic carbocycles. The number of nitrogens with zero attached hydrogens (tertiary/aromatic N) is 3. The predicted octanol–water partition coefficient (Wildman–Crippen LogP) is 2.25. The summed E-state index contributed by atoms with van der Waals surface area (Å²) in [6, 6.07) is 10.4. The van der Waals surface area contributed by atoms with Gasteiger partial charge in [-0.3, -0.25) is 9.78 Å². The Kier molecular flexibility index (Phi) is 4.12. The molecule has 21 heavy (non-hydrogen) atoms. The van der Waals surface area contributed by atoms with E-state index in [1.165, 1.54) is 16.7 Å². The van der Waals surface area contributed by atoms with Gasteiger partial charge in [0.15, 0.2) is 0 Å². The molecule has 2 heterocycles. The first-order valence-corrected chi connectivity index (χ1v) is 7.06. The molecule has 2 N–H and O–H groups in total. The number of hydrogen-bond donors (Lipinski definition) is 2. The molecule has 3 aromatic rings. The van der Waals surface area contributed by atoms with E-state index in [-0.39, 0.29) is 0 Å². The molecular formula is C16H19N5. The molecule has 5 nitrogen and oxygen atoms in total. The molecule has 0 aliphatic carbocycles. The van der Waals surface area contributed by atoms with Crippen molar-refractivity contribution in [2.24, 2.45) is 0 Å². The van der Waals surface area contributed by atoms with Gasteiger partial charge in [-0.2, -0.15) is 10.2 Å². The average molecular weight is 281 g/mol. The van der Waals surface area contributed by atoms with Crippen LogP contribution in [0.15, 0.2) is 48.9 Å². The maximum atomic E-state index is 4.27. The minimum Gasteiger partial charge on any atom is -0.308 e. The molecule has 2 aromatic heterocycles. The molecule has 5 heteroatoms. The average Bonchev–Trinajstić information content (AvgIpc) is 3.13. The highest BCUT2D eigenvalue weighted by molar-refractivity contribution is 5.27. The number of aromatic nitrogens is 4.